The van der Waals surface area contributed by atoms with Crippen LogP contribution in [0.15, 0.2) is 48.5 Å². The highest BCUT2D eigenvalue weighted by Crippen LogP contribution is 2.44. The van der Waals surface area contributed by atoms with E-state index in [2.05, 4.69) is 55.2 Å². The maximum Gasteiger partial charge on any atom is 0.273 e. The minimum Gasteiger partial charge on any atom is -0.507 e. The van der Waals surface area contributed by atoms with E-state index in [1.807, 2.05) is 30.9 Å². The first-order valence-corrected chi connectivity index (χ1v) is 11.6. The summed E-state index contributed by atoms with van der Waals surface area (Å²) in [7, 11) is 0. The van der Waals surface area contributed by atoms with E-state index in [1.165, 1.54) is 5.56 Å². The molecule has 0 spiro atoms. The number of hydrogen-bond donors (Lipinski definition) is 2. The van der Waals surface area contributed by atoms with Crippen molar-refractivity contribution in [2.75, 3.05) is 13.2 Å². The molecule has 1 aromatic heterocycles. The van der Waals surface area contributed by atoms with Crippen LogP contribution in [0.4, 0.5) is 0 Å². The number of aromatic hydroxyl groups is 1. The van der Waals surface area contributed by atoms with Crippen LogP contribution in [0.3, 0.4) is 0 Å². The lowest BCUT2D eigenvalue weighted by atomic mass is 9.85. The Hall–Kier alpha value is -3.12. The molecule has 1 aliphatic heterocycles. The van der Waals surface area contributed by atoms with E-state index in [0.29, 0.717) is 30.1 Å². The molecular weight excluding hydrogens is 414 g/mol. The highest BCUT2D eigenvalue weighted by molar-refractivity contribution is 6.00. The SMILES string of the molecule is CC(C)OCCCN1C(=O)c2[nH]nc(-c3ccccc3O)c2[C@H]1c1ccc(C(C)(C)C)cc1. The molecule has 6 nitrogen and oxygen atoms in total. The van der Waals surface area contributed by atoms with Crippen molar-refractivity contribution in [1.29, 1.82) is 0 Å². The number of nitrogens with zero attached hydrogens (tertiary/aromatic N) is 2. The Labute approximate surface area is 195 Å². The molecule has 2 N–H and O–H groups in total. The van der Waals surface area contributed by atoms with Gasteiger partial charge in [0.25, 0.3) is 5.91 Å². The molecule has 4 rings (SSSR count). The second-order valence-electron chi connectivity index (χ2n) is 9.92. The lowest BCUT2D eigenvalue weighted by Crippen LogP contribution is -2.31. The summed E-state index contributed by atoms with van der Waals surface area (Å²) in [4.78, 5) is 15.3. The zero-order valence-corrected chi connectivity index (χ0v) is 20.1. The van der Waals surface area contributed by atoms with Crippen molar-refractivity contribution in [2.45, 2.75) is 58.6 Å². The monoisotopic (exact) mass is 447 g/mol. The van der Waals surface area contributed by atoms with E-state index in [4.69, 9.17) is 4.74 Å². The number of carbonyl (C=O) groups excluding carboxylic acids is 1. The van der Waals surface area contributed by atoms with Gasteiger partial charge >= 0.3 is 0 Å². The van der Waals surface area contributed by atoms with Crippen LogP contribution in [0.25, 0.3) is 11.3 Å². The van der Waals surface area contributed by atoms with Gasteiger partial charge < -0.3 is 14.7 Å². The molecule has 0 aliphatic carbocycles. The Bertz CT molecular complexity index is 1130. The largest absolute Gasteiger partial charge is 0.507 e. The average molecular weight is 448 g/mol. The first-order chi connectivity index (χ1) is 15.7. The number of para-hydroxylation sites is 1. The van der Waals surface area contributed by atoms with Gasteiger partial charge in [0.2, 0.25) is 0 Å². The second-order valence-corrected chi connectivity index (χ2v) is 9.92. The third-order valence-corrected chi connectivity index (χ3v) is 6.11. The van der Waals surface area contributed by atoms with Gasteiger partial charge in [0.1, 0.15) is 17.1 Å². The molecule has 0 radical (unpaired) electrons. The fourth-order valence-electron chi connectivity index (χ4n) is 4.37. The zero-order chi connectivity index (χ0) is 23.8. The summed E-state index contributed by atoms with van der Waals surface area (Å²) >= 11 is 0. The number of benzene rings is 2. The minimum absolute atomic E-state index is 0.0414. The van der Waals surface area contributed by atoms with Crippen molar-refractivity contribution in [3.05, 3.63) is 70.9 Å². The summed E-state index contributed by atoms with van der Waals surface area (Å²) in [6.45, 7) is 11.7. The Balaban J connectivity index is 1.75. The quantitative estimate of drug-likeness (QED) is 0.473. The molecule has 174 valence electrons. The first kappa shape index (κ1) is 23.1. The van der Waals surface area contributed by atoms with Gasteiger partial charge in [0.15, 0.2) is 0 Å². The molecule has 33 heavy (non-hydrogen) atoms. The number of aromatic nitrogens is 2. The van der Waals surface area contributed by atoms with Crippen molar-refractivity contribution in [3.63, 3.8) is 0 Å². The van der Waals surface area contributed by atoms with Gasteiger partial charge in [-0.25, -0.2) is 0 Å². The van der Waals surface area contributed by atoms with Crippen LogP contribution >= 0.6 is 0 Å². The fraction of sp³-hybridized carbons (Fsp3) is 0.407. The molecule has 0 saturated carbocycles. The van der Waals surface area contributed by atoms with Crippen LogP contribution in [-0.2, 0) is 10.2 Å². The van der Waals surface area contributed by atoms with Crippen molar-refractivity contribution >= 4 is 5.91 Å². The fourth-order valence-corrected chi connectivity index (χ4v) is 4.37. The first-order valence-electron chi connectivity index (χ1n) is 11.6. The molecule has 0 bridgehead atoms. The molecule has 0 fully saturated rings. The summed E-state index contributed by atoms with van der Waals surface area (Å²) < 4.78 is 5.71. The van der Waals surface area contributed by atoms with E-state index in [-0.39, 0.29) is 29.2 Å². The zero-order valence-electron chi connectivity index (χ0n) is 20.1. The third-order valence-electron chi connectivity index (χ3n) is 6.11. The summed E-state index contributed by atoms with van der Waals surface area (Å²) in [5, 5.41) is 17.9. The van der Waals surface area contributed by atoms with Gasteiger partial charge in [0.05, 0.1) is 12.1 Å². The molecule has 1 atom stereocenters. The molecule has 3 aromatic rings. The summed E-state index contributed by atoms with van der Waals surface area (Å²) in [5.74, 6) is 0.0680. The number of phenolic OH excluding ortho intramolecular Hbond substituents is 1. The smallest absolute Gasteiger partial charge is 0.273 e. The van der Waals surface area contributed by atoms with Crippen molar-refractivity contribution in [3.8, 4) is 17.0 Å². The van der Waals surface area contributed by atoms with Crippen molar-refractivity contribution in [1.82, 2.24) is 15.1 Å². The number of fused-ring (bicyclic) bond motifs is 1. The second kappa shape index (κ2) is 9.02. The number of hydrogen-bond acceptors (Lipinski definition) is 4. The molecule has 0 unspecified atom stereocenters. The van der Waals surface area contributed by atoms with Gasteiger partial charge in [-0.2, -0.15) is 5.10 Å². The highest BCUT2D eigenvalue weighted by atomic mass is 16.5. The minimum atomic E-state index is -0.283. The van der Waals surface area contributed by atoms with E-state index in [1.54, 1.807) is 12.1 Å². The molecular formula is C27H33N3O3. The van der Waals surface area contributed by atoms with Crippen LogP contribution in [0.5, 0.6) is 5.75 Å². The van der Waals surface area contributed by atoms with E-state index in [0.717, 1.165) is 17.5 Å². The molecule has 1 amide bonds. The normalized spacial score (nSPS) is 16.0. The molecule has 2 heterocycles. The number of ether oxygens (including phenoxy) is 1. The van der Waals surface area contributed by atoms with Crippen LogP contribution in [-0.4, -0.2) is 45.4 Å². The van der Waals surface area contributed by atoms with Gasteiger partial charge in [0, 0.05) is 24.3 Å². The van der Waals surface area contributed by atoms with Crippen molar-refractivity contribution < 1.29 is 14.6 Å². The maximum absolute atomic E-state index is 13.4. The number of amides is 1. The average Bonchev–Trinajstić information content (AvgIpc) is 3.30. The molecule has 6 heteroatoms. The number of H-pyrrole nitrogens is 1. The number of phenols is 1. The molecule has 1 aliphatic rings. The topological polar surface area (TPSA) is 78.5 Å². The third kappa shape index (κ3) is 4.53. The van der Waals surface area contributed by atoms with E-state index in [9.17, 15) is 9.90 Å². The standard InChI is InChI=1S/C27H33N3O3/c1-17(2)33-16-8-15-30-25(18-11-13-19(14-12-18)27(3,4)5)22-23(28-29-24(22)26(30)32)20-9-6-7-10-21(20)31/h6-7,9-14,17,25,31H,8,15-16H2,1-5H3,(H,28,29)/t25-/m1/s1. The Morgan fingerprint density at radius 1 is 1.12 bits per heavy atom. The number of nitrogens with one attached hydrogen (secondary N) is 1. The number of aromatic amines is 1. The van der Waals surface area contributed by atoms with Gasteiger partial charge in [-0.1, -0.05) is 57.2 Å². The summed E-state index contributed by atoms with van der Waals surface area (Å²) in [5.41, 5.74) is 4.84. The predicted molar refractivity (Wildman–Crippen MR) is 129 cm³/mol. The summed E-state index contributed by atoms with van der Waals surface area (Å²) in [6, 6.07) is 15.3. The number of rotatable bonds is 7. The van der Waals surface area contributed by atoms with Crippen LogP contribution < -0.4 is 0 Å². The van der Waals surface area contributed by atoms with E-state index < -0.39 is 0 Å². The summed E-state index contributed by atoms with van der Waals surface area (Å²) in [6.07, 6.45) is 0.897. The Morgan fingerprint density at radius 2 is 1.82 bits per heavy atom. The van der Waals surface area contributed by atoms with Gasteiger partial charge in [-0.15, -0.1) is 0 Å². The number of carbonyl (C=O) groups is 1. The molecule has 2 aromatic carbocycles. The van der Waals surface area contributed by atoms with E-state index >= 15 is 0 Å². The predicted octanol–water partition coefficient (Wildman–Crippen LogP) is 5.44. The van der Waals surface area contributed by atoms with Crippen LogP contribution in [0, 0.1) is 0 Å². The lowest BCUT2D eigenvalue weighted by Gasteiger charge is -2.27. The van der Waals surface area contributed by atoms with Gasteiger partial charge in [-0.3, -0.25) is 9.89 Å². The maximum atomic E-state index is 13.4. The van der Waals surface area contributed by atoms with Crippen LogP contribution in [0.1, 0.15) is 74.3 Å². The van der Waals surface area contributed by atoms with Crippen molar-refractivity contribution in [2.24, 2.45) is 0 Å². The Morgan fingerprint density at radius 3 is 2.45 bits per heavy atom. The Kier molecular flexibility index (Phi) is 6.30. The molecule has 0 saturated heterocycles. The van der Waals surface area contributed by atoms with Gasteiger partial charge in [-0.05, 0) is 48.9 Å². The lowest BCUT2D eigenvalue weighted by molar-refractivity contribution is 0.0601. The van der Waals surface area contributed by atoms with Crippen LogP contribution in [0.2, 0.25) is 0 Å². The highest BCUT2D eigenvalue weighted by Gasteiger charge is 2.42.